The summed E-state index contributed by atoms with van der Waals surface area (Å²) in [5.41, 5.74) is 2.94. The average Bonchev–Trinajstić information content (AvgIpc) is 2.64. The molecule has 3 rings (SSSR count). The molecule has 0 N–H and O–H groups in total. The maximum absolute atomic E-state index is 12.8. The number of ether oxygens (including phenoxy) is 1. The van der Waals surface area contributed by atoms with Gasteiger partial charge in [0, 0.05) is 19.2 Å². The van der Waals surface area contributed by atoms with Crippen LogP contribution in [0.3, 0.4) is 0 Å². The second-order valence-electron chi connectivity index (χ2n) is 6.92. The molecule has 6 nitrogen and oxygen atoms in total. The summed E-state index contributed by atoms with van der Waals surface area (Å²) >= 11 is 0. The van der Waals surface area contributed by atoms with E-state index in [-0.39, 0.29) is 0 Å². The Morgan fingerprint density at radius 2 is 1.77 bits per heavy atom. The maximum atomic E-state index is 12.8. The number of aromatic nitrogens is 2. The molecule has 140 valence electrons. The van der Waals surface area contributed by atoms with Gasteiger partial charge in [0.15, 0.2) is 0 Å². The van der Waals surface area contributed by atoms with Crippen molar-refractivity contribution in [2.24, 2.45) is 5.92 Å². The van der Waals surface area contributed by atoms with Gasteiger partial charge >= 0.3 is 0 Å². The van der Waals surface area contributed by atoms with E-state index in [4.69, 9.17) is 4.74 Å². The summed E-state index contributed by atoms with van der Waals surface area (Å²) in [4.78, 5) is 0.380. The lowest BCUT2D eigenvalue weighted by molar-refractivity contribution is 0.180. The van der Waals surface area contributed by atoms with Crippen LogP contribution in [0, 0.1) is 26.7 Å². The van der Waals surface area contributed by atoms with Crippen molar-refractivity contribution < 1.29 is 13.2 Å². The Morgan fingerprint density at radius 1 is 1.04 bits per heavy atom. The molecule has 7 heteroatoms. The second kappa shape index (κ2) is 7.72. The van der Waals surface area contributed by atoms with E-state index in [9.17, 15) is 8.42 Å². The van der Waals surface area contributed by atoms with E-state index in [0.717, 1.165) is 29.7 Å². The highest BCUT2D eigenvalue weighted by molar-refractivity contribution is 7.89. The lowest BCUT2D eigenvalue weighted by Gasteiger charge is -2.31. The quantitative estimate of drug-likeness (QED) is 0.803. The topological polar surface area (TPSA) is 72.4 Å². The first-order chi connectivity index (χ1) is 12.4. The third-order valence-electron chi connectivity index (χ3n) is 4.93. The van der Waals surface area contributed by atoms with Gasteiger partial charge in [-0.3, -0.25) is 0 Å². The van der Waals surface area contributed by atoms with Crippen LogP contribution in [0.5, 0.6) is 5.88 Å². The monoisotopic (exact) mass is 375 g/mol. The molecule has 0 bridgehead atoms. The van der Waals surface area contributed by atoms with Gasteiger partial charge in [0.2, 0.25) is 15.9 Å². The molecule has 0 atom stereocenters. The largest absolute Gasteiger partial charge is 0.476 e. The van der Waals surface area contributed by atoms with Crippen LogP contribution in [0.1, 0.15) is 29.7 Å². The SMILES string of the molecule is Cc1ccc(OCC2CCN(S(=O)(=O)c3ccc(C)c(C)c3)CC2)nn1. The van der Waals surface area contributed by atoms with Crippen LogP contribution in [0.2, 0.25) is 0 Å². The summed E-state index contributed by atoms with van der Waals surface area (Å²) in [6, 6.07) is 8.99. The third kappa shape index (κ3) is 4.22. The highest BCUT2D eigenvalue weighted by Crippen LogP contribution is 2.25. The zero-order chi connectivity index (χ0) is 18.7. The number of hydrogen-bond donors (Lipinski definition) is 0. The molecule has 1 aromatic carbocycles. The smallest absolute Gasteiger partial charge is 0.243 e. The fraction of sp³-hybridized carbons (Fsp3) is 0.474. The van der Waals surface area contributed by atoms with E-state index in [0.29, 0.717) is 36.4 Å². The number of aryl methyl sites for hydroxylation is 3. The minimum atomic E-state index is -3.43. The molecule has 1 fully saturated rings. The molecule has 0 aliphatic carbocycles. The number of rotatable bonds is 5. The normalized spacial score (nSPS) is 16.6. The van der Waals surface area contributed by atoms with Crippen molar-refractivity contribution in [1.82, 2.24) is 14.5 Å². The molecular formula is C19H25N3O3S. The summed E-state index contributed by atoms with van der Waals surface area (Å²) in [6.07, 6.45) is 1.56. The summed E-state index contributed by atoms with van der Waals surface area (Å²) in [5, 5.41) is 7.96. The number of nitrogens with zero attached hydrogens (tertiary/aromatic N) is 3. The third-order valence-corrected chi connectivity index (χ3v) is 6.82. The van der Waals surface area contributed by atoms with E-state index in [1.54, 1.807) is 16.4 Å². The summed E-state index contributed by atoms with van der Waals surface area (Å²) in [6.45, 7) is 7.37. The van der Waals surface area contributed by atoms with Crippen molar-refractivity contribution >= 4 is 10.0 Å². The number of benzene rings is 1. The highest BCUT2D eigenvalue weighted by Gasteiger charge is 2.29. The van der Waals surface area contributed by atoms with Gasteiger partial charge in [-0.25, -0.2) is 8.42 Å². The molecule has 1 aliphatic heterocycles. The van der Waals surface area contributed by atoms with Gasteiger partial charge in [0.25, 0.3) is 0 Å². The van der Waals surface area contributed by atoms with E-state index >= 15 is 0 Å². The Bertz CT molecular complexity index is 858. The van der Waals surface area contributed by atoms with Gasteiger partial charge in [-0.15, -0.1) is 5.10 Å². The highest BCUT2D eigenvalue weighted by atomic mass is 32.2. The van der Waals surface area contributed by atoms with Crippen LogP contribution in [-0.4, -0.2) is 42.6 Å². The van der Waals surface area contributed by atoms with E-state index in [1.165, 1.54) is 0 Å². The Morgan fingerprint density at radius 3 is 2.38 bits per heavy atom. The molecule has 0 saturated carbocycles. The van der Waals surface area contributed by atoms with Gasteiger partial charge < -0.3 is 4.74 Å². The molecule has 1 aliphatic rings. The van der Waals surface area contributed by atoms with Crippen LogP contribution in [0.4, 0.5) is 0 Å². The van der Waals surface area contributed by atoms with Gasteiger partial charge in [0.1, 0.15) is 0 Å². The Labute approximate surface area is 155 Å². The Balaban J connectivity index is 1.57. The summed E-state index contributed by atoms with van der Waals surface area (Å²) < 4.78 is 33.0. The molecule has 2 heterocycles. The molecular weight excluding hydrogens is 350 g/mol. The van der Waals surface area contributed by atoms with E-state index < -0.39 is 10.0 Å². The van der Waals surface area contributed by atoms with Crippen molar-refractivity contribution in [1.29, 1.82) is 0 Å². The minimum absolute atomic E-state index is 0.323. The lowest BCUT2D eigenvalue weighted by Crippen LogP contribution is -2.39. The van der Waals surface area contributed by atoms with Crippen molar-refractivity contribution in [2.45, 2.75) is 38.5 Å². The van der Waals surface area contributed by atoms with Crippen LogP contribution in [0.25, 0.3) is 0 Å². The van der Waals surface area contributed by atoms with Gasteiger partial charge in [-0.05, 0) is 68.9 Å². The fourth-order valence-electron chi connectivity index (χ4n) is 3.01. The average molecular weight is 375 g/mol. The molecule has 0 radical (unpaired) electrons. The first-order valence-corrected chi connectivity index (χ1v) is 10.3. The van der Waals surface area contributed by atoms with Crippen LogP contribution < -0.4 is 4.74 Å². The Hall–Kier alpha value is -1.99. The van der Waals surface area contributed by atoms with Gasteiger partial charge in [-0.1, -0.05) is 6.07 Å². The molecule has 0 spiro atoms. The Kier molecular flexibility index (Phi) is 5.58. The first-order valence-electron chi connectivity index (χ1n) is 8.87. The van der Waals surface area contributed by atoms with Gasteiger partial charge in [-0.2, -0.15) is 9.40 Å². The van der Waals surface area contributed by atoms with E-state index in [2.05, 4.69) is 10.2 Å². The zero-order valence-electron chi connectivity index (χ0n) is 15.5. The van der Waals surface area contributed by atoms with Crippen molar-refractivity contribution in [3.05, 3.63) is 47.2 Å². The second-order valence-corrected chi connectivity index (χ2v) is 8.86. The van der Waals surface area contributed by atoms with Crippen LogP contribution in [-0.2, 0) is 10.0 Å². The molecule has 0 amide bonds. The van der Waals surface area contributed by atoms with Crippen molar-refractivity contribution in [3.63, 3.8) is 0 Å². The molecule has 2 aromatic rings. The zero-order valence-corrected chi connectivity index (χ0v) is 16.3. The molecule has 1 saturated heterocycles. The summed E-state index contributed by atoms with van der Waals surface area (Å²) in [7, 11) is -3.43. The molecule has 1 aromatic heterocycles. The van der Waals surface area contributed by atoms with Crippen molar-refractivity contribution in [3.8, 4) is 5.88 Å². The van der Waals surface area contributed by atoms with Crippen LogP contribution in [0.15, 0.2) is 35.2 Å². The first kappa shape index (κ1) is 18.8. The fourth-order valence-corrected chi connectivity index (χ4v) is 4.56. The van der Waals surface area contributed by atoms with Crippen LogP contribution >= 0.6 is 0 Å². The predicted molar refractivity (Wildman–Crippen MR) is 99.7 cm³/mol. The standard InChI is InChI=1S/C19H25N3O3S/c1-14-4-6-18(12-15(14)2)26(23,24)22-10-8-17(9-11-22)13-25-19-7-5-16(3)20-21-19/h4-7,12,17H,8-11,13H2,1-3H3. The number of piperidine rings is 1. The maximum Gasteiger partial charge on any atom is 0.243 e. The minimum Gasteiger partial charge on any atom is -0.476 e. The molecule has 0 unspecified atom stereocenters. The van der Waals surface area contributed by atoms with E-state index in [1.807, 2.05) is 39.0 Å². The molecule has 26 heavy (non-hydrogen) atoms. The van der Waals surface area contributed by atoms with Crippen molar-refractivity contribution in [2.75, 3.05) is 19.7 Å². The summed E-state index contributed by atoms with van der Waals surface area (Å²) in [5.74, 6) is 0.838. The number of hydrogen-bond acceptors (Lipinski definition) is 5. The predicted octanol–water partition coefficient (Wildman–Crippen LogP) is 2.88. The number of sulfonamides is 1. The van der Waals surface area contributed by atoms with Gasteiger partial charge in [0.05, 0.1) is 17.2 Å². The lowest BCUT2D eigenvalue weighted by atomic mass is 9.99.